The summed E-state index contributed by atoms with van der Waals surface area (Å²) in [4.78, 5) is 0. The first kappa shape index (κ1) is 35.2. The van der Waals surface area contributed by atoms with E-state index in [0.29, 0.717) is 52.1 Å². The van der Waals surface area contributed by atoms with Gasteiger partial charge in [-0.15, -0.1) is 6.58 Å². The third-order valence-electron chi connectivity index (χ3n) is 7.94. The summed E-state index contributed by atoms with van der Waals surface area (Å²) in [5, 5.41) is 21.7. The first-order valence-corrected chi connectivity index (χ1v) is 16.2. The average molecular weight is 625 g/mol. The Labute approximate surface area is 274 Å². The average Bonchev–Trinajstić information content (AvgIpc) is 3.12. The van der Waals surface area contributed by atoms with Crippen LogP contribution < -0.4 is 0 Å². The second-order valence-corrected chi connectivity index (χ2v) is 11.5. The van der Waals surface area contributed by atoms with Gasteiger partial charge in [0.1, 0.15) is 0 Å². The van der Waals surface area contributed by atoms with E-state index >= 15 is 0 Å². The van der Waals surface area contributed by atoms with Gasteiger partial charge in [0.25, 0.3) is 0 Å². The van der Waals surface area contributed by atoms with Crippen LogP contribution in [0.1, 0.15) is 47.9 Å². The molecule has 0 saturated carbocycles. The minimum absolute atomic E-state index is 0.173. The van der Waals surface area contributed by atoms with E-state index in [0.717, 1.165) is 22.3 Å². The number of aliphatic hydroxyl groups excluding tert-OH is 2. The lowest BCUT2D eigenvalue weighted by atomic mass is 9.98. The fourth-order valence-electron chi connectivity index (χ4n) is 5.23. The fraction of sp³-hybridized carbons (Fsp3) is 0.350. The second-order valence-electron chi connectivity index (χ2n) is 11.5. The number of ether oxygens (including phenoxy) is 4. The van der Waals surface area contributed by atoms with E-state index in [4.69, 9.17) is 18.9 Å². The molecule has 0 radical (unpaired) electrons. The van der Waals surface area contributed by atoms with Gasteiger partial charge in [0, 0.05) is 12.8 Å². The van der Waals surface area contributed by atoms with Gasteiger partial charge in [-0.25, -0.2) is 0 Å². The molecule has 0 spiro atoms. The van der Waals surface area contributed by atoms with Gasteiger partial charge < -0.3 is 29.2 Å². The Bertz CT molecular complexity index is 1340. The zero-order valence-corrected chi connectivity index (χ0v) is 26.6. The SMILES string of the molecule is C=C[C@@H](C[C@@H](CC[C@@H](O)[C@@H](C[C@@H](CO)OCc1ccccc1)OCc1ccccc1)OCc1ccccc1)OCc1ccccc1. The maximum atomic E-state index is 11.5. The highest BCUT2D eigenvalue weighted by Gasteiger charge is 2.27. The van der Waals surface area contributed by atoms with Crippen LogP contribution in [0, 0.1) is 0 Å². The maximum Gasteiger partial charge on any atom is 0.0864 e. The topological polar surface area (TPSA) is 77.4 Å². The third kappa shape index (κ3) is 13.0. The minimum atomic E-state index is -0.798. The molecule has 2 N–H and O–H groups in total. The summed E-state index contributed by atoms with van der Waals surface area (Å²) in [5.41, 5.74) is 4.21. The predicted octanol–water partition coefficient (Wildman–Crippen LogP) is 7.43. The first-order valence-electron chi connectivity index (χ1n) is 16.2. The Kier molecular flexibility index (Phi) is 15.7. The van der Waals surface area contributed by atoms with Crippen molar-refractivity contribution in [1.29, 1.82) is 0 Å². The molecule has 0 heterocycles. The van der Waals surface area contributed by atoms with Crippen molar-refractivity contribution in [2.75, 3.05) is 6.61 Å². The highest BCUT2D eigenvalue weighted by atomic mass is 16.5. The van der Waals surface area contributed by atoms with Gasteiger partial charge in [0.15, 0.2) is 0 Å². The smallest absolute Gasteiger partial charge is 0.0864 e. The molecule has 0 aliphatic rings. The summed E-state index contributed by atoms with van der Waals surface area (Å²) in [7, 11) is 0. The normalized spacial score (nSPS) is 14.7. The van der Waals surface area contributed by atoms with E-state index < -0.39 is 18.3 Å². The highest BCUT2D eigenvalue weighted by Crippen LogP contribution is 2.22. The van der Waals surface area contributed by atoms with Crippen LogP contribution in [0.3, 0.4) is 0 Å². The molecule has 6 nitrogen and oxygen atoms in total. The molecule has 0 aromatic heterocycles. The zero-order valence-electron chi connectivity index (χ0n) is 26.6. The van der Waals surface area contributed by atoms with Gasteiger partial charge in [0.05, 0.1) is 63.6 Å². The van der Waals surface area contributed by atoms with Crippen LogP contribution in [0.25, 0.3) is 0 Å². The van der Waals surface area contributed by atoms with Crippen molar-refractivity contribution in [2.24, 2.45) is 0 Å². The molecule has 0 unspecified atom stereocenters. The van der Waals surface area contributed by atoms with Crippen molar-refractivity contribution >= 4 is 0 Å². The van der Waals surface area contributed by atoms with E-state index in [-0.39, 0.29) is 18.8 Å². The van der Waals surface area contributed by atoms with E-state index in [1.54, 1.807) is 0 Å². The Balaban J connectivity index is 1.40. The zero-order chi connectivity index (χ0) is 32.2. The van der Waals surface area contributed by atoms with Crippen LogP contribution in [0.4, 0.5) is 0 Å². The van der Waals surface area contributed by atoms with E-state index in [1.807, 2.05) is 127 Å². The predicted molar refractivity (Wildman–Crippen MR) is 182 cm³/mol. The summed E-state index contributed by atoms with van der Waals surface area (Å²) < 4.78 is 25.0. The fourth-order valence-corrected chi connectivity index (χ4v) is 5.23. The first-order chi connectivity index (χ1) is 22.6. The molecule has 4 rings (SSSR count). The van der Waals surface area contributed by atoms with Gasteiger partial charge in [-0.2, -0.15) is 0 Å². The number of rotatable bonds is 22. The number of hydrogen-bond acceptors (Lipinski definition) is 6. The van der Waals surface area contributed by atoms with Crippen LogP contribution in [0.2, 0.25) is 0 Å². The van der Waals surface area contributed by atoms with Gasteiger partial charge in [-0.3, -0.25) is 0 Å². The third-order valence-corrected chi connectivity index (χ3v) is 7.94. The van der Waals surface area contributed by atoms with Crippen molar-refractivity contribution in [1.82, 2.24) is 0 Å². The Morgan fingerprint density at radius 2 is 0.935 bits per heavy atom. The van der Waals surface area contributed by atoms with E-state index in [1.165, 1.54) is 0 Å². The monoisotopic (exact) mass is 624 g/mol. The molecule has 0 aliphatic heterocycles. The lowest BCUT2D eigenvalue weighted by Gasteiger charge is -2.29. The maximum absolute atomic E-state index is 11.5. The van der Waals surface area contributed by atoms with Crippen LogP contribution in [0.5, 0.6) is 0 Å². The van der Waals surface area contributed by atoms with Crippen molar-refractivity contribution < 1.29 is 29.2 Å². The van der Waals surface area contributed by atoms with Crippen molar-refractivity contribution in [3.63, 3.8) is 0 Å². The molecule has 244 valence electrons. The molecule has 0 aliphatic carbocycles. The standard InChI is InChI=1S/C40H48O6/c1-2-36(43-28-32-15-7-3-8-16-32)25-37(44-29-33-17-9-4-10-18-33)23-24-39(42)40(46-31-35-21-13-6-14-22-35)26-38(27-41)45-30-34-19-11-5-12-20-34/h2-22,36-42H,1,23-31H2/t36-,37+,38-,39+,40+/m0/s1. The van der Waals surface area contributed by atoms with Gasteiger partial charge in [0.2, 0.25) is 0 Å². The lowest BCUT2D eigenvalue weighted by molar-refractivity contribution is -0.0962. The van der Waals surface area contributed by atoms with Gasteiger partial charge in [-0.05, 0) is 35.1 Å². The summed E-state index contributed by atoms with van der Waals surface area (Å²) in [6, 6.07) is 39.9. The van der Waals surface area contributed by atoms with E-state index in [9.17, 15) is 10.2 Å². The van der Waals surface area contributed by atoms with Crippen LogP contribution in [0.15, 0.2) is 134 Å². The molecular formula is C40H48O6. The summed E-state index contributed by atoms with van der Waals surface area (Å²) >= 11 is 0. The molecule has 46 heavy (non-hydrogen) atoms. The van der Waals surface area contributed by atoms with Gasteiger partial charge >= 0.3 is 0 Å². The summed E-state index contributed by atoms with van der Waals surface area (Å²) in [6.45, 7) is 5.49. The molecule has 4 aromatic carbocycles. The van der Waals surface area contributed by atoms with Crippen LogP contribution in [-0.4, -0.2) is 47.3 Å². The molecule has 0 saturated heterocycles. The molecular weight excluding hydrogens is 576 g/mol. The molecule has 4 aromatic rings. The second kappa shape index (κ2) is 20.5. The van der Waals surface area contributed by atoms with Crippen molar-refractivity contribution in [3.8, 4) is 0 Å². The van der Waals surface area contributed by atoms with Gasteiger partial charge in [-0.1, -0.05) is 127 Å². The number of hydrogen-bond donors (Lipinski definition) is 2. The highest BCUT2D eigenvalue weighted by molar-refractivity contribution is 5.16. The van der Waals surface area contributed by atoms with Crippen LogP contribution >= 0.6 is 0 Å². The Morgan fingerprint density at radius 3 is 1.37 bits per heavy atom. The number of aliphatic hydroxyl groups is 2. The molecule has 0 bridgehead atoms. The Hall–Kier alpha value is -3.62. The van der Waals surface area contributed by atoms with Crippen LogP contribution in [-0.2, 0) is 45.4 Å². The summed E-state index contributed by atoms with van der Waals surface area (Å²) in [5.74, 6) is 0. The molecule has 5 atom stereocenters. The lowest BCUT2D eigenvalue weighted by Crippen LogP contribution is -2.36. The van der Waals surface area contributed by atoms with E-state index in [2.05, 4.69) is 6.58 Å². The minimum Gasteiger partial charge on any atom is -0.394 e. The quantitative estimate of drug-likeness (QED) is 0.0886. The molecule has 0 fully saturated rings. The molecule has 0 amide bonds. The van der Waals surface area contributed by atoms with Crippen molar-refractivity contribution in [2.45, 2.75) is 82.6 Å². The molecule has 6 heteroatoms. The summed E-state index contributed by atoms with van der Waals surface area (Å²) in [6.07, 6.45) is 1.57. The largest absolute Gasteiger partial charge is 0.394 e. The van der Waals surface area contributed by atoms with Crippen molar-refractivity contribution in [3.05, 3.63) is 156 Å². The number of benzene rings is 4. The Morgan fingerprint density at radius 1 is 0.522 bits per heavy atom.